The zero-order valence-corrected chi connectivity index (χ0v) is 22.1. The average molecular weight is 482 g/mol. The van der Waals surface area contributed by atoms with Crippen LogP contribution in [0.5, 0.6) is 0 Å². The van der Waals surface area contributed by atoms with Gasteiger partial charge in [0.2, 0.25) is 5.91 Å². The van der Waals surface area contributed by atoms with E-state index in [1.54, 1.807) is 0 Å². The predicted octanol–water partition coefficient (Wildman–Crippen LogP) is 4.96. The Hall–Kier alpha value is -2.93. The quantitative estimate of drug-likeness (QED) is 0.579. The number of nitrogens with zero attached hydrogens (tertiary/aromatic N) is 2. The number of carbonyl (C=O) groups excluding carboxylic acids is 1. The number of ether oxygens (including phenoxy) is 1. The van der Waals surface area contributed by atoms with Crippen LogP contribution in [0.2, 0.25) is 0 Å². The summed E-state index contributed by atoms with van der Waals surface area (Å²) in [6.07, 6.45) is 1.02. The molecular formula is C28H39N3O4. The summed E-state index contributed by atoms with van der Waals surface area (Å²) in [5, 5.41) is 10.3. The molecule has 0 spiro atoms. The summed E-state index contributed by atoms with van der Waals surface area (Å²) in [6.45, 7) is 15.6. The van der Waals surface area contributed by atoms with E-state index < -0.39 is 17.7 Å². The third kappa shape index (κ3) is 6.40. The Morgan fingerprint density at radius 3 is 2.17 bits per heavy atom. The maximum Gasteiger partial charge on any atom is 0.337 e. The Bertz CT molecular complexity index is 1090. The minimum absolute atomic E-state index is 0.172. The van der Waals surface area contributed by atoms with E-state index in [-0.39, 0.29) is 17.7 Å². The van der Waals surface area contributed by atoms with E-state index in [4.69, 9.17) is 15.5 Å². The van der Waals surface area contributed by atoms with Gasteiger partial charge in [-0.2, -0.15) is 0 Å². The molecule has 0 radical (unpaired) electrons. The lowest BCUT2D eigenvalue weighted by molar-refractivity contribution is -0.160. The van der Waals surface area contributed by atoms with Gasteiger partial charge < -0.3 is 20.5 Å². The zero-order chi connectivity index (χ0) is 26.1. The van der Waals surface area contributed by atoms with Crippen molar-refractivity contribution in [2.24, 2.45) is 11.1 Å². The molecule has 1 saturated heterocycles. The van der Waals surface area contributed by atoms with Crippen LogP contribution in [0.25, 0.3) is 11.1 Å². The molecule has 0 unspecified atom stereocenters. The highest BCUT2D eigenvalue weighted by Gasteiger charge is 2.36. The molecule has 2 aromatic rings. The second kappa shape index (κ2) is 9.97. The van der Waals surface area contributed by atoms with Crippen LogP contribution in [0.3, 0.4) is 0 Å². The van der Waals surface area contributed by atoms with Crippen LogP contribution in [-0.2, 0) is 20.7 Å². The van der Waals surface area contributed by atoms with Crippen LogP contribution >= 0.6 is 0 Å². The highest BCUT2D eigenvalue weighted by molar-refractivity contribution is 5.88. The predicted molar refractivity (Wildman–Crippen MR) is 138 cm³/mol. The van der Waals surface area contributed by atoms with Crippen molar-refractivity contribution in [2.45, 2.75) is 79.4 Å². The van der Waals surface area contributed by atoms with Crippen molar-refractivity contribution in [3.05, 3.63) is 46.8 Å². The molecule has 0 saturated carbocycles. The van der Waals surface area contributed by atoms with Crippen molar-refractivity contribution in [2.75, 3.05) is 18.0 Å². The molecule has 1 fully saturated rings. The van der Waals surface area contributed by atoms with E-state index >= 15 is 0 Å². The van der Waals surface area contributed by atoms with Crippen molar-refractivity contribution in [3.63, 3.8) is 0 Å². The molecule has 2 heterocycles. The smallest absolute Gasteiger partial charge is 0.337 e. The summed E-state index contributed by atoms with van der Waals surface area (Å²) >= 11 is 0. The molecule has 3 rings (SSSR count). The van der Waals surface area contributed by atoms with E-state index in [0.717, 1.165) is 54.0 Å². The first-order valence-corrected chi connectivity index (χ1v) is 12.2. The van der Waals surface area contributed by atoms with E-state index in [1.165, 1.54) is 0 Å². The molecular weight excluding hydrogens is 442 g/mol. The number of anilines is 1. The summed E-state index contributed by atoms with van der Waals surface area (Å²) in [6, 6.07) is 7.70. The van der Waals surface area contributed by atoms with Crippen LogP contribution in [-0.4, -0.2) is 40.7 Å². The van der Waals surface area contributed by atoms with E-state index in [9.17, 15) is 14.7 Å². The number of piperidine rings is 1. The summed E-state index contributed by atoms with van der Waals surface area (Å²) in [5.41, 5.74) is 10.6. The average Bonchev–Trinajstić information content (AvgIpc) is 2.72. The number of pyridine rings is 1. The standard InChI is InChI=1S/C28H39N3O4/c1-17-22(20-10-8-19(9-11-20)16-21(29)32)24(31-14-12-28(6,7)13-15-31)23(18(2)30-17)25(26(33)34)35-27(3,4)5/h8-11,25H,12-16H2,1-7H3,(H2,29,32)(H,33,34)/t25-/m0/s1. The van der Waals surface area contributed by atoms with Gasteiger partial charge in [-0.05, 0) is 64.0 Å². The van der Waals surface area contributed by atoms with Crippen LogP contribution in [0.15, 0.2) is 24.3 Å². The third-order valence-electron chi connectivity index (χ3n) is 6.59. The maximum atomic E-state index is 12.5. The van der Waals surface area contributed by atoms with Crippen molar-refractivity contribution in [3.8, 4) is 11.1 Å². The Labute approximate surface area is 208 Å². The first kappa shape index (κ1) is 26.7. The second-order valence-corrected chi connectivity index (χ2v) is 11.4. The summed E-state index contributed by atoms with van der Waals surface area (Å²) in [7, 11) is 0. The van der Waals surface area contributed by atoms with E-state index in [0.29, 0.717) is 11.3 Å². The Balaban J connectivity index is 2.25. The van der Waals surface area contributed by atoms with E-state index in [2.05, 4.69) is 18.7 Å². The molecule has 0 aliphatic carbocycles. The molecule has 1 atom stereocenters. The molecule has 3 N–H and O–H groups in total. The van der Waals surface area contributed by atoms with Gasteiger partial charge in [-0.3, -0.25) is 9.78 Å². The number of carboxylic acid groups (broad SMARTS) is 1. The van der Waals surface area contributed by atoms with Crippen molar-refractivity contribution in [1.82, 2.24) is 4.98 Å². The van der Waals surface area contributed by atoms with Gasteiger partial charge in [0.25, 0.3) is 0 Å². The molecule has 1 amide bonds. The van der Waals surface area contributed by atoms with Gasteiger partial charge in [0.1, 0.15) is 0 Å². The lowest BCUT2D eigenvalue weighted by Crippen LogP contribution is -2.39. The fraction of sp³-hybridized carbons (Fsp3) is 0.536. The fourth-order valence-electron chi connectivity index (χ4n) is 4.75. The van der Waals surface area contributed by atoms with Gasteiger partial charge in [0.05, 0.1) is 17.7 Å². The normalized spacial score (nSPS) is 16.7. The molecule has 7 nitrogen and oxygen atoms in total. The van der Waals surface area contributed by atoms with Gasteiger partial charge in [0.15, 0.2) is 6.10 Å². The Morgan fingerprint density at radius 2 is 1.69 bits per heavy atom. The molecule has 190 valence electrons. The number of aryl methyl sites for hydroxylation is 2. The summed E-state index contributed by atoms with van der Waals surface area (Å²) < 4.78 is 6.11. The number of carbonyl (C=O) groups is 2. The lowest BCUT2D eigenvalue weighted by atomic mass is 9.81. The zero-order valence-electron chi connectivity index (χ0n) is 22.1. The SMILES string of the molecule is Cc1nc(C)c([C@H](OC(C)(C)C)C(=O)O)c(N2CCC(C)(C)CC2)c1-c1ccc(CC(N)=O)cc1. The monoisotopic (exact) mass is 481 g/mol. The minimum Gasteiger partial charge on any atom is -0.479 e. The van der Waals surface area contributed by atoms with Gasteiger partial charge in [-0.15, -0.1) is 0 Å². The molecule has 7 heteroatoms. The van der Waals surface area contributed by atoms with Crippen molar-refractivity contribution >= 4 is 17.6 Å². The summed E-state index contributed by atoms with van der Waals surface area (Å²) in [5.74, 6) is -1.41. The number of nitrogens with two attached hydrogens (primary N) is 1. The Morgan fingerprint density at radius 1 is 1.11 bits per heavy atom. The number of rotatable bonds is 7. The number of aromatic nitrogens is 1. The number of aliphatic carboxylic acids is 1. The highest BCUT2D eigenvalue weighted by atomic mass is 16.5. The first-order valence-electron chi connectivity index (χ1n) is 12.2. The molecule has 0 bridgehead atoms. The van der Waals surface area contributed by atoms with Crippen molar-refractivity contribution in [1.29, 1.82) is 0 Å². The Kier molecular flexibility index (Phi) is 7.60. The topological polar surface area (TPSA) is 106 Å². The molecule has 1 aromatic heterocycles. The molecule has 1 aromatic carbocycles. The van der Waals surface area contributed by atoms with Crippen LogP contribution in [0, 0.1) is 19.3 Å². The minimum atomic E-state index is -1.15. The first-order chi connectivity index (χ1) is 16.2. The van der Waals surface area contributed by atoms with Crippen molar-refractivity contribution < 1.29 is 19.4 Å². The van der Waals surface area contributed by atoms with E-state index in [1.807, 2.05) is 58.9 Å². The lowest BCUT2D eigenvalue weighted by Gasteiger charge is -2.41. The summed E-state index contributed by atoms with van der Waals surface area (Å²) in [4.78, 5) is 31.0. The number of hydrogen-bond donors (Lipinski definition) is 2. The number of amides is 1. The number of primary amides is 1. The van der Waals surface area contributed by atoms with Crippen LogP contribution in [0.1, 0.15) is 76.1 Å². The highest BCUT2D eigenvalue weighted by Crippen LogP contribution is 2.44. The van der Waals surface area contributed by atoms with Crippen LogP contribution < -0.4 is 10.6 Å². The van der Waals surface area contributed by atoms with Gasteiger partial charge >= 0.3 is 5.97 Å². The fourth-order valence-corrected chi connectivity index (χ4v) is 4.75. The molecule has 1 aliphatic heterocycles. The van der Waals surface area contributed by atoms with Crippen LogP contribution in [0.4, 0.5) is 5.69 Å². The number of carboxylic acids is 1. The van der Waals surface area contributed by atoms with Gasteiger partial charge in [-0.1, -0.05) is 38.1 Å². The number of hydrogen-bond acceptors (Lipinski definition) is 5. The van der Waals surface area contributed by atoms with Gasteiger partial charge in [0, 0.05) is 35.6 Å². The second-order valence-electron chi connectivity index (χ2n) is 11.4. The van der Waals surface area contributed by atoms with Gasteiger partial charge in [-0.25, -0.2) is 4.79 Å². The largest absolute Gasteiger partial charge is 0.479 e. The molecule has 35 heavy (non-hydrogen) atoms. The molecule has 1 aliphatic rings. The maximum absolute atomic E-state index is 12.5. The third-order valence-corrected chi connectivity index (χ3v) is 6.59. The number of benzene rings is 1.